The van der Waals surface area contributed by atoms with E-state index in [4.69, 9.17) is 10.2 Å². The van der Waals surface area contributed by atoms with Crippen LogP contribution in [0.15, 0.2) is 36.4 Å². The maximum Gasteiger partial charge on any atom is 0.269 e. The second-order valence-electron chi connectivity index (χ2n) is 7.92. The zero-order valence-electron chi connectivity index (χ0n) is 20.8. The minimum absolute atomic E-state index is 0.00373. The topological polar surface area (TPSA) is 213 Å². The maximum absolute atomic E-state index is 10.9. The lowest BCUT2D eigenvalue weighted by molar-refractivity contribution is -0.385. The Hall–Kier alpha value is -3.02. The van der Waals surface area contributed by atoms with Gasteiger partial charge in [0.15, 0.2) is 0 Å². The third-order valence-corrected chi connectivity index (χ3v) is 6.09. The van der Waals surface area contributed by atoms with Crippen molar-refractivity contribution in [2.24, 2.45) is 0 Å². The Balaban J connectivity index is 0.000000415. The molecule has 2 N–H and O–H groups in total. The van der Waals surface area contributed by atoms with Crippen LogP contribution in [0.1, 0.15) is 22.3 Å². The summed E-state index contributed by atoms with van der Waals surface area (Å²) >= 11 is 0. The lowest BCUT2D eigenvalue weighted by Crippen LogP contribution is -2.10. The molecule has 0 radical (unpaired) electrons. The molecule has 212 valence electrons. The van der Waals surface area contributed by atoms with Crippen molar-refractivity contribution in [3.63, 3.8) is 0 Å². The van der Waals surface area contributed by atoms with Gasteiger partial charge in [0.05, 0.1) is 35.6 Å². The average molecular weight is 579 g/mol. The number of aliphatic hydroxyl groups excluding tert-OH is 2. The van der Waals surface area contributed by atoms with E-state index in [1.807, 2.05) is 0 Å². The summed E-state index contributed by atoms with van der Waals surface area (Å²) in [6.45, 7) is -0.341. The first-order chi connectivity index (χ1) is 17.7. The fourth-order valence-electron chi connectivity index (χ4n) is 3.25. The van der Waals surface area contributed by atoms with Crippen LogP contribution in [0, 0.1) is 20.2 Å². The van der Waals surface area contributed by atoms with Crippen molar-refractivity contribution in [3.05, 3.63) is 78.9 Å². The molecule has 0 fully saturated rings. The summed E-state index contributed by atoms with van der Waals surface area (Å²) in [7, 11) is -7.19. The Morgan fingerprint density at radius 2 is 1.00 bits per heavy atom. The SMILES string of the molecule is CS(=O)(=O)OCCc1ccc([N+](=O)[O-])cc1CCOS(C)(=O)=O.O=[N+]([O-])c1ccc(CCO)c(CCO)c1. The summed E-state index contributed by atoms with van der Waals surface area (Å²) in [6, 6.07) is 8.56. The van der Waals surface area contributed by atoms with Gasteiger partial charge in [-0.3, -0.25) is 28.6 Å². The van der Waals surface area contributed by atoms with Gasteiger partial charge in [-0.2, -0.15) is 16.8 Å². The Morgan fingerprint density at radius 3 is 1.37 bits per heavy atom. The zero-order chi connectivity index (χ0) is 28.9. The van der Waals surface area contributed by atoms with Crippen LogP contribution in [0.5, 0.6) is 0 Å². The molecule has 0 amide bonds. The molecule has 2 aromatic rings. The second-order valence-corrected chi connectivity index (χ2v) is 11.2. The molecule has 0 spiro atoms. The van der Waals surface area contributed by atoms with Crippen LogP contribution in [-0.4, -0.2) is 75.8 Å². The lowest BCUT2D eigenvalue weighted by Gasteiger charge is -2.09. The van der Waals surface area contributed by atoms with E-state index in [-0.39, 0.29) is 50.6 Å². The first-order valence-electron chi connectivity index (χ1n) is 11.1. The van der Waals surface area contributed by atoms with Crippen LogP contribution in [0.2, 0.25) is 0 Å². The molecule has 0 saturated carbocycles. The van der Waals surface area contributed by atoms with E-state index < -0.39 is 30.1 Å². The average Bonchev–Trinajstić information content (AvgIpc) is 2.80. The largest absolute Gasteiger partial charge is 0.396 e. The molecule has 0 saturated heterocycles. The molecule has 0 heterocycles. The molecule has 2 aromatic carbocycles. The summed E-state index contributed by atoms with van der Waals surface area (Å²) in [6.07, 6.45) is 2.98. The van der Waals surface area contributed by atoms with Gasteiger partial charge in [0.2, 0.25) is 0 Å². The van der Waals surface area contributed by atoms with E-state index in [0.717, 1.165) is 23.6 Å². The van der Waals surface area contributed by atoms with Crippen molar-refractivity contribution < 1.29 is 45.3 Å². The molecule has 0 unspecified atom stereocenters. The Bertz CT molecular complexity index is 1310. The molecule has 0 aliphatic heterocycles. The number of aliphatic hydroxyl groups is 2. The number of hydrogen-bond donors (Lipinski definition) is 2. The fourth-order valence-corrected chi connectivity index (χ4v) is 4.02. The van der Waals surface area contributed by atoms with Crippen molar-refractivity contribution in [3.8, 4) is 0 Å². The molecule has 2 rings (SSSR count). The molecular weight excluding hydrogens is 548 g/mol. The zero-order valence-corrected chi connectivity index (χ0v) is 22.4. The van der Waals surface area contributed by atoms with Crippen LogP contribution in [0.25, 0.3) is 0 Å². The van der Waals surface area contributed by atoms with Gasteiger partial charge in [-0.1, -0.05) is 12.1 Å². The highest BCUT2D eigenvalue weighted by molar-refractivity contribution is 7.86. The van der Waals surface area contributed by atoms with Gasteiger partial charge in [0.1, 0.15) is 0 Å². The molecule has 0 aliphatic rings. The normalized spacial score (nSPS) is 11.5. The molecule has 16 heteroatoms. The molecular formula is C22H30N2O12S2. The molecule has 0 bridgehead atoms. The summed E-state index contributed by atoms with van der Waals surface area (Å²) in [5, 5.41) is 38.9. The van der Waals surface area contributed by atoms with Crippen LogP contribution < -0.4 is 0 Å². The van der Waals surface area contributed by atoms with E-state index in [0.29, 0.717) is 24.0 Å². The Morgan fingerprint density at radius 1 is 0.658 bits per heavy atom. The van der Waals surface area contributed by atoms with Crippen molar-refractivity contribution in [2.45, 2.75) is 25.7 Å². The van der Waals surface area contributed by atoms with Crippen LogP contribution in [0.4, 0.5) is 11.4 Å². The van der Waals surface area contributed by atoms with Gasteiger partial charge in [-0.25, -0.2) is 0 Å². The number of nitro benzene ring substituents is 2. The second kappa shape index (κ2) is 15.4. The highest BCUT2D eigenvalue weighted by Crippen LogP contribution is 2.20. The minimum atomic E-state index is -3.61. The quantitative estimate of drug-likeness (QED) is 0.184. The number of hydrogen-bond acceptors (Lipinski definition) is 12. The van der Waals surface area contributed by atoms with Crippen LogP contribution in [0.3, 0.4) is 0 Å². The van der Waals surface area contributed by atoms with E-state index in [9.17, 15) is 37.1 Å². The molecule has 0 aliphatic carbocycles. The van der Waals surface area contributed by atoms with Gasteiger partial charge >= 0.3 is 0 Å². The third-order valence-electron chi connectivity index (χ3n) is 4.90. The number of nitro groups is 2. The predicted octanol–water partition coefficient (Wildman–Crippen LogP) is 1.30. The highest BCUT2D eigenvalue weighted by atomic mass is 32.2. The van der Waals surface area contributed by atoms with E-state index in [1.165, 1.54) is 30.3 Å². The van der Waals surface area contributed by atoms with E-state index >= 15 is 0 Å². The predicted molar refractivity (Wildman–Crippen MR) is 137 cm³/mol. The number of non-ortho nitro benzene ring substituents is 2. The van der Waals surface area contributed by atoms with Gasteiger partial charge in [0, 0.05) is 37.5 Å². The Kier molecular flexibility index (Phi) is 13.4. The summed E-state index contributed by atoms with van der Waals surface area (Å²) < 4.78 is 53.0. The standard InChI is InChI=1S/C12H17NO8S2.C10H13NO4/c1-22(16,17)20-7-5-10-3-4-12(13(14)15)9-11(10)6-8-21-23(2,18)19;12-5-3-8-1-2-10(11(14)15)7-9(8)4-6-13/h3-4,9H,5-8H2,1-2H3;1-2,7,12-13H,3-6H2. The minimum Gasteiger partial charge on any atom is -0.396 e. The van der Waals surface area contributed by atoms with Crippen LogP contribution >= 0.6 is 0 Å². The molecule has 38 heavy (non-hydrogen) atoms. The van der Waals surface area contributed by atoms with Crippen LogP contribution in [-0.2, 0) is 54.3 Å². The summed E-state index contributed by atoms with van der Waals surface area (Å²) in [5.41, 5.74) is 2.56. The van der Waals surface area contributed by atoms with E-state index in [2.05, 4.69) is 8.37 Å². The van der Waals surface area contributed by atoms with Crippen molar-refractivity contribution >= 4 is 31.6 Å². The fraction of sp³-hybridized carbons (Fsp3) is 0.455. The lowest BCUT2D eigenvalue weighted by atomic mass is 10.0. The van der Waals surface area contributed by atoms with Crippen molar-refractivity contribution in [2.75, 3.05) is 38.9 Å². The van der Waals surface area contributed by atoms with Gasteiger partial charge < -0.3 is 10.2 Å². The first-order valence-corrected chi connectivity index (χ1v) is 14.7. The molecule has 0 atom stereocenters. The monoisotopic (exact) mass is 578 g/mol. The smallest absolute Gasteiger partial charge is 0.269 e. The summed E-state index contributed by atoms with van der Waals surface area (Å²) in [5.74, 6) is 0. The highest BCUT2D eigenvalue weighted by Gasteiger charge is 2.13. The molecule has 14 nitrogen and oxygen atoms in total. The van der Waals surface area contributed by atoms with Gasteiger partial charge in [0.25, 0.3) is 31.6 Å². The molecule has 0 aromatic heterocycles. The Labute approximate surface area is 220 Å². The van der Waals surface area contributed by atoms with Crippen molar-refractivity contribution in [1.29, 1.82) is 0 Å². The third kappa shape index (κ3) is 13.0. The first kappa shape index (κ1) is 33.0. The van der Waals surface area contributed by atoms with E-state index in [1.54, 1.807) is 6.07 Å². The van der Waals surface area contributed by atoms with Gasteiger partial charge in [-0.05, 0) is 47.9 Å². The number of benzene rings is 2. The number of rotatable bonds is 14. The van der Waals surface area contributed by atoms with Crippen molar-refractivity contribution in [1.82, 2.24) is 0 Å². The van der Waals surface area contributed by atoms with Gasteiger partial charge in [-0.15, -0.1) is 0 Å². The maximum atomic E-state index is 10.9. The number of nitrogens with zero attached hydrogens (tertiary/aromatic N) is 2. The summed E-state index contributed by atoms with van der Waals surface area (Å²) in [4.78, 5) is 20.3.